The Morgan fingerprint density at radius 1 is 1.39 bits per heavy atom. The average molecular weight is 244 g/mol. The van der Waals surface area contributed by atoms with E-state index in [0.717, 1.165) is 0 Å². The minimum absolute atomic E-state index is 0.00315. The lowest BCUT2D eigenvalue weighted by Crippen LogP contribution is -2.02. The summed E-state index contributed by atoms with van der Waals surface area (Å²) in [6.07, 6.45) is 1.83. The van der Waals surface area contributed by atoms with Gasteiger partial charge in [0.25, 0.3) is 0 Å². The van der Waals surface area contributed by atoms with Gasteiger partial charge in [0.05, 0.1) is 5.69 Å². The summed E-state index contributed by atoms with van der Waals surface area (Å²) in [7, 11) is 0. The van der Waals surface area contributed by atoms with Gasteiger partial charge in [-0.15, -0.1) is 0 Å². The highest BCUT2D eigenvalue weighted by Gasteiger charge is 2.09. The van der Waals surface area contributed by atoms with Crippen molar-refractivity contribution < 1.29 is 4.39 Å². The van der Waals surface area contributed by atoms with Crippen molar-refractivity contribution in [2.75, 3.05) is 5.32 Å². The molecule has 0 saturated heterocycles. The molecule has 0 aliphatic heterocycles. The number of rotatable bonds is 3. The van der Waals surface area contributed by atoms with E-state index in [2.05, 4.69) is 10.4 Å². The molecule has 0 unspecified atom stereocenters. The van der Waals surface area contributed by atoms with Crippen LogP contribution in [0, 0.1) is 17.1 Å². The highest BCUT2D eigenvalue weighted by molar-refractivity contribution is 5.64. The molecule has 0 bridgehead atoms. The fourth-order valence-corrected chi connectivity index (χ4v) is 1.57. The first-order chi connectivity index (χ1) is 8.61. The summed E-state index contributed by atoms with van der Waals surface area (Å²) < 4.78 is 15.2. The van der Waals surface area contributed by atoms with Gasteiger partial charge in [-0.05, 0) is 26.0 Å². The van der Waals surface area contributed by atoms with Gasteiger partial charge in [0.2, 0.25) is 0 Å². The summed E-state index contributed by atoms with van der Waals surface area (Å²) in [5.74, 6) is 0.0524. The van der Waals surface area contributed by atoms with E-state index in [1.807, 2.05) is 26.1 Å². The zero-order chi connectivity index (χ0) is 13.1. The number of hydrogen-bond donors (Lipinski definition) is 1. The number of nitrogens with one attached hydrogen (secondary N) is 1. The molecule has 0 radical (unpaired) electrons. The molecule has 0 spiro atoms. The van der Waals surface area contributed by atoms with Crippen LogP contribution in [-0.4, -0.2) is 9.78 Å². The molecule has 0 aliphatic carbocycles. The Balaban J connectivity index is 2.29. The van der Waals surface area contributed by atoms with Gasteiger partial charge in [0.1, 0.15) is 17.4 Å². The van der Waals surface area contributed by atoms with E-state index in [1.54, 1.807) is 22.9 Å². The van der Waals surface area contributed by atoms with E-state index >= 15 is 0 Å². The maximum absolute atomic E-state index is 13.4. The standard InChI is InChI=1S/C13H13FN4/c1-9(2)18-7-6-13(17-18)16-12-5-3-4-11(14)10(12)8-15/h3-7,9H,1-2H3,(H,16,17). The maximum Gasteiger partial charge on any atom is 0.152 e. The molecular weight excluding hydrogens is 231 g/mol. The van der Waals surface area contributed by atoms with Crippen LogP contribution in [0.2, 0.25) is 0 Å². The highest BCUT2D eigenvalue weighted by Crippen LogP contribution is 2.21. The molecule has 2 aromatic rings. The molecule has 0 amide bonds. The van der Waals surface area contributed by atoms with Crippen molar-refractivity contribution >= 4 is 11.5 Å². The van der Waals surface area contributed by atoms with Crippen molar-refractivity contribution in [2.24, 2.45) is 0 Å². The minimum atomic E-state index is -0.536. The van der Waals surface area contributed by atoms with E-state index in [0.29, 0.717) is 11.5 Å². The number of benzene rings is 1. The van der Waals surface area contributed by atoms with Crippen LogP contribution in [0.15, 0.2) is 30.5 Å². The molecule has 0 fully saturated rings. The van der Waals surface area contributed by atoms with Crippen molar-refractivity contribution in [1.29, 1.82) is 5.26 Å². The van der Waals surface area contributed by atoms with Gasteiger partial charge in [-0.3, -0.25) is 4.68 Å². The largest absolute Gasteiger partial charge is 0.338 e. The second-order valence-electron chi connectivity index (χ2n) is 4.17. The fraction of sp³-hybridized carbons (Fsp3) is 0.231. The molecule has 2 rings (SSSR count). The van der Waals surface area contributed by atoms with Gasteiger partial charge in [-0.2, -0.15) is 10.4 Å². The summed E-state index contributed by atoms with van der Waals surface area (Å²) in [6.45, 7) is 4.03. The van der Waals surface area contributed by atoms with Gasteiger partial charge < -0.3 is 5.32 Å². The quantitative estimate of drug-likeness (QED) is 0.901. The van der Waals surface area contributed by atoms with Gasteiger partial charge in [0, 0.05) is 18.3 Å². The molecule has 0 saturated carbocycles. The topological polar surface area (TPSA) is 53.6 Å². The molecule has 92 valence electrons. The summed E-state index contributed by atoms with van der Waals surface area (Å²) in [5, 5.41) is 16.1. The van der Waals surface area contributed by atoms with Gasteiger partial charge in [-0.25, -0.2) is 4.39 Å². The maximum atomic E-state index is 13.4. The summed E-state index contributed by atoms with van der Waals surface area (Å²) in [5.41, 5.74) is 0.420. The second kappa shape index (κ2) is 4.88. The summed E-state index contributed by atoms with van der Waals surface area (Å²) in [6, 6.07) is 8.34. The average Bonchev–Trinajstić information content (AvgIpc) is 2.78. The number of nitriles is 1. The van der Waals surface area contributed by atoms with E-state index in [1.165, 1.54) is 6.07 Å². The number of aromatic nitrogens is 2. The molecular formula is C13H13FN4. The molecule has 1 N–H and O–H groups in total. The van der Waals surface area contributed by atoms with Gasteiger partial charge >= 0.3 is 0 Å². The van der Waals surface area contributed by atoms with Crippen molar-refractivity contribution in [3.8, 4) is 6.07 Å². The Morgan fingerprint density at radius 2 is 2.17 bits per heavy atom. The Kier molecular flexibility index (Phi) is 3.28. The highest BCUT2D eigenvalue weighted by atomic mass is 19.1. The van der Waals surface area contributed by atoms with E-state index in [-0.39, 0.29) is 11.6 Å². The Morgan fingerprint density at radius 3 is 2.78 bits per heavy atom. The van der Waals surface area contributed by atoms with Crippen molar-refractivity contribution in [3.05, 3.63) is 41.8 Å². The number of hydrogen-bond acceptors (Lipinski definition) is 3. The van der Waals surface area contributed by atoms with E-state index < -0.39 is 5.82 Å². The third-order valence-corrected chi connectivity index (χ3v) is 2.53. The SMILES string of the molecule is CC(C)n1ccc(Nc2cccc(F)c2C#N)n1. The first kappa shape index (κ1) is 12.1. The Bertz CT molecular complexity index is 595. The van der Waals surface area contributed by atoms with Crippen molar-refractivity contribution in [2.45, 2.75) is 19.9 Å². The lowest BCUT2D eigenvalue weighted by molar-refractivity contribution is 0.534. The lowest BCUT2D eigenvalue weighted by Gasteiger charge is -2.07. The van der Waals surface area contributed by atoms with Gasteiger partial charge in [0.15, 0.2) is 5.82 Å². The van der Waals surface area contributed by atoms with Crippen LogP contribution in [0.4, 0.5) is 15.9 Å². The zero-order valence-electron chi connectivity index (χ0n) is 10.2. The molecule has 18 heavy (non-hydrogen) atoms. The lowest BCUT2D eigenvalue weighted by atomic mass is 10.2. The number of nitrogens with zero attached hydrogens (tertiary/aromatic N) is 3. The first-order valence-corrected chi connectivity index (χ1v) is 5.62. The predicted octanol–water partition coefficient (Wildman–Crippen LogP) is 3.22. The zero-order valence-corrected chi connectivity index (χ0v) is 10.2. The Labute approximate surface area is 105 Å². The summed E-state index contributed by atoms with van der Waals surface area (Å²) >= 11 is 0. The first-order valence-electron chi connectivity index (χ1n) is 5.62. The van der Waals surface area contributed by atoms with Gasteiger partial charge in [-0.1, -0.05) is 6.07 Å². The van der Waals surface area contributed by atoms with Crippen LogP contribution in [0.3, 0.4) is 0 Å². The Hall–Kier alpha value is -2.35. The second-order valence-corrected chi connectivity index (χ2v) is 4.17. The molecule has 1 aromatic heterocycles. The smallest absolute Gasteiger partial charge is 0.152 e. The van der Waals surface area contributed by atoms with Crippen LogP contribution in [0.1, 0.15) is 25.5 Å². The third kappa shape index (κ3) is 2.33. The number of halogens is 1. The van der Waals surface area contributed by atoms with Crippen LogP contribution in [0.25, 0.3) is 0 Å². The van der Waals surface area contributed by atoms with E-state index in [9.17, 15) is 4.39 Å². The van der Waals surface area contributed by atoms with E-state index in [4.69, 9.17) is 5.26 Å². The van der Waals surface area contributed by atoms with Crippen LogP contribution in [-0.2, 0) is 0 Å². The van der Waals surface area contributed by atoms with Crippen LogP contribution >= 0.6 is 0 Å². The monoisotopic (exact) mass is 244 g/mol. The van der Waals surface area contributed by atoms with Crippen molar-refractivity contribution in [3.63, 3.8) is 0 Å². The summed E-state index contributed by atoms with van der Waals surface area (Å²) in [4.78, 5) is 0. The third-order valence-electron chi connectivity index (χ3n) is 2.53. The predicted molar refractivity (Wildman–Crippen MR) is 67.0 cm³/mol. The van der Waals surface area contributed by atoms with Crippen LogP contribution in [0.5, 0.6) is 0 Å². The number of anilines is 2. The molecule has 0 aliphatic rings. The normalized spacial score (nSPS) is 10.4. The molecule has 4 nitrogen and oxygen atoms in total. The molecule has 1 heterocycles. The van der Waals surface area contributed by atoms with Crippen molar-refractivity contribution in [1.82, 2.24) is 9.78 Å². The minimum Gasteiger partial charge on any atom is -0.338 e. The molecule has 5 heteroatoms. The van der Waals surface area contributed by atoms with Crippen LogP contribution < -0.4 is 5.32 Å². The fourth-order valence-electron chi connectivity index (χ4n) is 1.57. The molecule has 1 aromatic carbocycles. The molecule has 0 atom stereocenters.